The van der Waals surface area contributed by atoms with Gasteiger partial charge in [0.05, 0.1) is 5.03 Å². The summed E-state index contributed by atoms with van der Waals surface area (Å²) in [7, 11) is 0. The Morgan fingerprint density at radius 3 is 2.50 bits per heavy atom. The molecule has 0 saturated heterocycles. The molecule has 0 heterocycles. The van der Waals surface area contributed by atoms with Crippen molar-refractivity contribution in [1.82, 2.24) is 0 Å². The van der Waals surface area contributed by atoms with Crippen molar-refractivity contribution in [3.8, 4) is 0 Å². The van der Waals surface area contributed by atoms with E-state index in [0.29, 0.717) is 6.33 Å². The van der Waals surface area contributed by atoms with Crippen molar-refractivity contribution in [3.63, 3.8) is 0 Å². The highest BCUT2D eigenvalue weighted by Gasteiger charge is 1.85. The molecule has 0 unspecified atom stereocenters. The Kier molecular flexibility index (Phi) is 4.95. The van der Waals surface area contributed by atoms with Crippen molar-refractivity contribution in [2.75, 3.05) is 0 Å². The van der Waals surface area contributed by atoms with E-state index in [-0.39, 0.29) is 5.03 Å². The minimum absolute atomic E-state index is 0.121. The van der Waals surface area contributed by atoms with Crippen molar-refractivity contribution in [1.29, 1.82) is 0 Å². The molecule has 0 radical (unpaired) electrons. The monoisotopic (exact) mass is 160 g/mol. The maximum atomic E-state index is 11.6. The van der Waals surface area contributed by atoms with Crippen molar-refractivity contribution in [2.24, 2.45) is 0 Å². The van der Waals surface area contributed by atoms with E-state index >= 15 is 0 Å². The lowest BCUT2D eigenvalue weighted by atomic mass is 10.2. The van der Waals surface area contributed by atoms with Crippen LogP contribution >= 0.6 is 11.6 Å². The molecule has 0 aliphatic carbocycles. The van der Waals surface area contributed by atoms with Crippen LogP contribution in [0.1, 0.15) is 13.8 Å². The summed E-state index contributed by atoms with van der Waals surface area (Å²) >= 11 is 5.37. The predicted molar refractivity (Wildman–Crippen MR) is 43.6 cm³/mol. The van der Waals surface area contributed by atoms with Crippen LogP contribution in [0.4, 0.5) is 4.39 Å². The molecule has 0 aromatic carbocycles. The van der Waals surface area contributed by atoms with Crippen LogP contribution in [-0.4, -0.2) is 0 Å². The molecule has 0 nitrogen and oxygen atoms in total. The van der Waals surface area contributed by atoms with E-state index in [1.54, 1.807) is 6.08 Å². The Hall–Kier alpha value is -0.560. The SMILES string of the molecule is C\C=C/C(C)=C\C(Cl)=C\F. The third kappa shape index (κ3) is 4.33. The first-order valence-electron chi connectivity index (χ1n) is 2.97. The number of halogens is 2. The molecular weight excluding hydrogens is 151 g/mol. The molecule has 0 amide bonds. The van der Waals surface area contributed by atoms with Gasteiger partial charge in [0.1, 0.15) is 6.33 Å². The molecule has 10 heavy (non-hydrogen) atoms. The van der Waals surface area contributed by atoms with Gasteiger partial charge < -0.3 is 0 Å². The van der Waals surface area contributed by atoms with Gasteiger partial charge in [-0.3, -0.25) is 0 Å². The van der Waals surface area contributed by atoms with Crippen LogP contribution in [0.3, 0.4) is 0 Å². The lowest BCUT2D eigenvalue weighted by molar-refractivity contribution is 0.719. The maximum absolute atomic E-state index is 11.6. The van der Waals surface area contributed by atoms with E-state index in [1.165, 1.54) is 0 Å². The second kappa shape index (κ2) is 5.24. The van der Waals surface area contributed by atoms with Gasteiger partial charge in [0.2, 0.25) is 0 Å². The summed E-state index contributed by atoms with van der Waals surface area (Å²) < 4.78 is 11.6. The van der Waals surface area contributed by atoms with Crippen LogP contribution in [0.2, 0.25) is 0 Å². The highest BCUT2D eigenvalue weighted by atomic mass is 35.5. The van der Waals surface area contributed by atoms with E-state index < -0.39 is 0 Å². The Labute approximate surface area is 65.7 Å². The van der Waals surface area contributed by atoms with Gasteiger partial charge in [0.25, 0.3) is 0 Å². The van der Waals surface area contributed by atoms with Crippen molar-refractivity contribution < 1.29 is 4.39 Å². The molecule has 2 heteroatoms. The molecule has 0 fully saturated rings. The van der Waals surface area contributed by atoms with Crippen LogP contribution < -0.4 is 0 Å². The lowest BCUT2D eigenvalue weighted by Crippen LogP contribution is -1.67. The number of rotatable bonds is 2. The van der Waals surface area contributed by atoms with Gasteiger partial charge in [-0.2, -0.15) is 0 Å². The second-order valence-corrected chi connectivity index (χ2v) is 2.32. The summed E-state index contributed by atoms with van der Waals surface area (Å²) in [6, 6.07) is 0. The standard InChI is InChI=1S/C8H10ClF/c1-3-4-7(2)5-8(9)6-10/h3-6H,1-2H3/b4-3-,7-5-,8-6-. The van der Waals surface area contributed by atoms with Gasteiger partial charge in [-0.1, -0.05) is 23.8 Å². The molecule has 0 saturated carbocycles. The predicted octanol–water partition coefficient (Wildman–Crippen LogP) is 3.56. The van der Waals surface area contributed by atoms with E-state index in [2.05, 4.69) is 0 Å². The summed E-state index contributed by atoms with van der Waals surface area (Å²) in [5.74, 6) is 0. The summed E-state index contributed by atoms with van der Waals surface area (Å²) in [6.07, 6.45) is 5.65. The third-order valence-electron chi connectivity index (χ3n) is 0.899. The summed E-state index contributed by atoms with van der Waals surface area (Å²) in [5.41, 5.74) is 0.932. The smallest absolute Gasteiger partial charge is 0.105 e. The molecular formula is C8H10ClF. The number of allylic oxidation sites excluding steroid dienone is 5. The largest absolute Gasteiger partial charge is 0.214 e. The van der Waals surface area contributed by atoms with Crippen molar-refractivity contribution in [2.45, 2.75) is 13.8 Å². The van der Waals surface area contributed by atoms with Crippen LogP contribution in [0, 0.1) is 0 Å². The molecule has 0 atom stereocenters. The zero-order valence-corrected chi connectivity index (χ0v) is 6.82. The van der Waals surface area contributed by atoms with Gasteiger partial charge in [-0.15, -0.1) is 0 Å². The van der Waals surface area contributed by atoms with Crippen LogP contribution in [0.25, 0.3) is 0 Å². The van der Waals surface area contributed by atoms with Gasteiger partial charge in [0.15, 0.2) is 0 Å². The van der Waals surface area contributed by atoms with E-state index in [1.807, 2.05) is 26.0 Å². The molecule has 0 N–H and O–H groups in total. The summed E-state index contributed by atoms with van der Waals surface area (Å²) in [4.78, 5) is 0. The van der Waals surface area contributed by atoms with Gasteiger partial charge in [-0.25, -0.2) is 4.39 Å². The van der Waals surface area contributed by atoms with Gasteiger partial charge in [-0.05, 0) is 25.5 Å². The fourth-order valence-corrected chi connectivity index (χ4v) is 0.732. The average molecular weight is 161 g/mol. The molecule has 0 aliphatic rings. The first-order chi connectivity index (χ1) is 4.70. The molecule has 0 bridgehead atoms. The average Bonchev–Trinajstić information content (AvgIpc) is 1.88. The van der Waals surface area contributed by atoms with E-state index in [0.717, 1.165) is 5.57 Å². The Balaban J connectivity index is 4.16. The molecule has 0 aromatic heterocycles. The molecule has 0 aliphatic heterocycles. The first kappa shape index (κ1) is 9.44. The zero-order chi connectivity index (χ0) is 7.98. The molecule has 0 rings (SSSR count). The maximum Gasteiger partial charge on any atom is 0.105 e. The van der Waals surface area contributed by atoms with Crippen LogP contribution in [0.15, 0.2) is 35.2 Å². The minimum atomic E-state index is 0.121. The first-order valence-corrected chi connectivity index (χ1v) is 3.35. The van der Waals surface area contributed by atoms with E-state index in [4.69, 9.17) is 11.6 Å². The highest BCUT2D eigenvalue weighted by Crippen LogP contribution is 2.07. The lowest BCUT2D eigenvalue weighted by Gasteiger charge is -1.88. The van der Waals surface area contributed by atoms with Gasteiger partial charge in [0, 0.05) is 0 Å². The molecule has 56 valence electrons. The normalized spacial score (nSPS) is 14.8. The summed E-state index contributed by atoms with van der Waals surface area (Å²) in [6.45, 7) is 3.75. The van der Waals surface area contributed by atoms with Crippen LogP contribution in [0.5, 0.6) is 0 Å². The quantitative estimate of drug-likeness (QED) is 0.542. The number of hydrogen-bond acceptors (Lipinski definition) is 0. The fourth-order valence-electron chi connectivity index (χ4n) is 0.560. The van der Waals surface area contributed by atoms with Crippen molar-refractivity contribution in [3.05, 3.63) is 35.2 Å². The Morgan fingerprint density at radius 1 is 1.50 bits per heavy atom. The Morgan fingerprint density at radius 2 is 2.10 bits per heavy atom. The third-order valence-corrected chi connectivity index (χ3v) is 1.09. The van der Waals surface area contributed by atoms with E-state index in [9.17, 15) is 4.39 Å². The summed E-state index contributed by atoms with van der Waals surface area (Å²) in [5, 5.41) is 0.121. The zero-order valence-electron chi connectivity index (χ0n) is 6.07. The van der Waals surface area contributed by atoms with Gasteiger partial charge >= 0.3 is 0 Å². The molecule has 0 spiro atoms. The second-order valence-electron chi connectivity index (χ2n) is 1.88. The van der Waals surface area contributed by atoms with Crippen molar-refractivity contribution >= 4 is 11.6 Å². The Bertz CT molecular complexity index is 178. The minimum Gasteiger partial charge on any atom is -0.214 e. The topological polar surface area (TPSA) is 0 Å². The fraction of sp³-hybridized carbons (Fsp3) is 0.250. The van der Waals surface area contributed by atoms with Crippen LogP contribution in [-0.2, 0) is 0 Å². The highest BCUT2D eigenvalue weighted by molar-refractivity contribution is 6.31. The molecule has 0 aromatic rings. The number of hydrogen-bond donors (Lipinski definition) is 0.